The first-order valence-electron chi connectivity index (χ1n) is 8.78. The molecule has 0 unspecified atom stereocenters. The minimum absolute atomic E-state index is 0.212. The lowest BCUT2D eigenvalue weighted by Gasteiger charge is -2.30. The van der Waals surface area contributed by atoms with Crippen LogP contribution in [0.5, 0.6) is 5.75 Å². The van der Waals surface area contributed by atoms with Gasteiger partial charge in [0.2, 0.25) is 0 Å². The second-order valence-electron chi connectivity index (χ2n) is 6.58. The van der Waals surface area contributed by atoms with E-state index >= 15 is 0 Å². The number of nitrogens with two attached hydrogens (primary N) is 1. The lowest BCUT2D eigenvalue weighted by Crippen LogP contribution is -2.35. The highest BCUT2D eigenvalue weighted by atomic mass is 35.5. The van der Waals surface area contributed by atoms with Crippen LogP contribution in [0.15, 0.2) is 30.3 Å². The molecule has 3 aromatic rings. The van der Waals surface area contributed by atoms with Crippen LogP contribution in [0.25, 0.3) is 10.1 Å². The number of hydrogen-bond donors (Lipinski definition) is 1. The molecule has 2 heterocycles. The van der Waals surface area contributed by atoms with E-state index in [0.717, 1.165) is 28.8 Å². The first-order valence-corrected chi connectivity index (χ1v) is 10.7. The summed E-state index contributed by atoms with van der Waals surface area (Å²) in [6.45, 7) is 0.329. The van der Waals surface area contributed by atoms with Gasteiger partial charge in [0, 0.05) is 27.2 Å². The Morgan fingerprint density at radius 3 is 2.76 bits per heavy atom. The second-order valence-corrected chi connectivity index (χ2v) is 8.85. The monoisotopic (exact) mass is 468 g/mol. The van der Waals surface area contributed by atoms with Gasteiger partial charge in [0.05, 0.1) is 15.7 Å². The summed E-state index contributed by atoms with van der Waals surface area (Å²) in [6, 6.07) is 8.76. The molecule has 2 N–H and O–H groups in total. The quantitative estimate of drug-likeness (QED) is 0.562. The van der Waals surface area contributed by atoms with E-state index < -0.39 is 5.91 Å². The van der Waals surface area contributed by atoms with Crippen molar-refractivity contribution in [2.75, 3.05) is 18.1 Å². The van der Waals surface area contributed by atoms with Crippen LogP contribution >= 0.6 is 46.1 Å². The van der Waals surface area contributed by atoms with Gasteiger partial charge in [0.15, 0.2) is 6.61 Å². The maximum Gasteiger partial charge on any atom is 0.269 e. The highest BCUT2D eigenvalue weighted by molar-refractivity contribution is 7.21. The maximum atomic E-state index is 13.4. The lowest BCUT2D eigenvalue weighted by atomic mass is 10.0. The molecule has 4 rings (SSSR count). The third kappa shape index (κ3) is 3.78. The second kappa shape index (κ2) is 8.03. The van der Waals surface area contributed by atoms with Crippen molar-refractivity contribution < 1.29 is 14.3 Å². The molecule has 0 radical (unpaired) electrons. The van der Waals surface area contributed by atoms with E-state index in [-0.39, 0.29) is 12.5 Å². The van der Waals surface area contributed by atoms with Crippen LogP contribution in [0, 0.1) is 0 Å². The minimum Gasteiger partial charge on any atom is -0.483 e. The number of carbonyl (C=O) groups is 2. The molecule has 29 heavy (non-hydrogen) atoms. The van der Waals surface area contributed by atoms with Crippen molar-refractivity contribution in [3.05, 3.63) is 55.8 Å². The summed E-state index contributed by atoms with van der Waals surface area (Å²) in [4.78, 5) is 26.5. The number of anilines is 1. The van der Waals surface area contributed by atoms with Gasteiger partial charge in [-0.05, 0) is 37.1 Å². The number of hydrogen-bond acceptors (Lipinski definition) is 4. The Hall–Kier alpha value is -1.99. The molecule has 9 heteroatoms. The van der Waals surface area contributed by atoms with E-state index in [1.165, 1.54) is 11.3 Å². The molecule has 0 fully saturated rings. The number of ether oxygens (including phenoxy) is 1. The number of nitrogens with zero attached hydrogens (tertiary/aromatic N) is 1. The Morgan fingerprint density at radius 2 is 2.00 bits per heavy atom. The highest BCUT2D eigenvalue weighted by Gasteiger charge is 2.29. The largest absolute Gasteiger partial charge is 0.483 e. The van der Waals surface area contributed by atoms with Crippen molar-refractivity contribution in [2.24, 2.45) is 5.73 Å². The Kier molecular flexibility index (Phi) is 5.62. The first-order chi connectivity index (χ1) is 13.9. The third-order valence-electron chi connectivity index (χ3n) is 4.67. The standard InChI is InChI=1S/C20H15Cl3N2O3S/c21-10-7-12(22)17-15(8-10)29-19(18(17)23)20(27)25-6-2-3-11-13(25)4-1-5-14(11)28-9-16(24)26/h1,4-5,7-8H,2-3,6,9H2,(H2,24,26). The topological polar surface area (TPSA) is 72.6 Å². The van der Waals surface area contributed by atoms with E-state index in [2.05, 4.69) is 0 Å². The SMILES string of the molecule is NC(=O)COc1cccc2c1CCCN2C(=O)c1sc2cc(Cl)cc(Cl)c2c1Cl. The zero-order chi connectivity index (χ0) is 20.7. The van der Waals surface area contributed by atoms with Crippen LogP contribution in [0.4, 0.5) is 5.69 Å². The van der Waals surface area contributed by atoms with Gasteiger partial charge < -0.3 is 15.4 Å². The fourth-order valence-electron chi connectivity index (χ4n) is 3.46. The first kappa shape index (κ1) is 20.3. The molecule has 1 aromatic heterocycles. The molecule has 1 aliphatic rings. The Bertz CT molecular complexity index is 1150. The predicted octanol–water partition coefficient (Wildman–Crippen LogP) is 5.32. The number of thiophene rings is 1. The summed E-state index contributed by atoms with van der Waals surface area (Å²) in [5.41, 5.74) is 6.79. The third-order valence-corrected chi connectivity index (χ3v) is 6.80. The molecule has 0 spiro atoms. The van der Waals surface area contributed by atoms with Gasteiger partial charge in [-0.25, -0.2) is 0 Å². The van der Waals surface area contributed by atoms with Gasteiger partial charge in [0.25, 0.3) is 11.8 Å². The zero-order valence-corrected chi connectivity index (χ0v) is 18.1. The van der Waals surface area contributed by atoms with Crippen molar-refractivity contribution in [1.29, 1.82) is 0 Å². The average molecular weight is 470 g/mol. The summed E-state index contributed by atoms with van der Waals surface area (Å²) in [6.07, 6.45) is 1.49. The Labute approximate surface area is 185 Å². The highest BCUT2D eigenvalue weighted by Crippen LogP contribution is 2.43. The van der Waals surface area contributed by atoms with Crippen molar-refractivity contribution in [1.82, 2.24) is 0 Å². The molecule has 0 saturated heterocycles. The van der Waals surface area contributed by atoms with Gasteiger partial charge in [-0.2, -0.15) is 0 Å². The molecule has 0 atom stereocenters. The van der Waals surface area contributed by atoms with Gasteiger partial charge in [0.1, 0.15) is 10.6 Å². The summed E-state index contributed by atoms with van der Waals surface area (Å²) >= 11 is 20.2. The summed E-state index contributed by atoms with van der Waals surface area (Å²) in [5.74, 6) is -0.216. The lowest BCUT2D eigenvalue weighted by molar-refractivity contribution is -0.119. The van der Waals surface area contributed by atoms with Crippen molar-refractivity contribution in [3.63, 3.8) is 0 Å². The van der Waals surface area contributed by atoms with Gasteiger partial charge in [-0.15, -0.1) is 11.3 Å². The minimum atomic E-state index is -0.557. The fraction of sp³-hybridized carbons (Fsp3) is 0.200. The number of amides is 2. The number of benzene rings is 2. The van der Waals surface area contributed by atoms with E-state index in [1.807, 2.05) is 6.07 Å². The van der Waals surface area contributed by atoms with Gasteiger partial charge >= 0.3 is 0 Å². The van der Waals surface area contributed by atoms with Crippen molar-refractivity contribution in [3.8, 4) is 5.75 Å². The number of fused-ring (bicyclic) bond motifs is 2. The molecule has 0 aliphatic carbocycles. The van der Waals surface area contributed by atoms with Gasteiger partial charge in [-0.1, -0.05) is 40.9 Å². The van der Waals surface area contributed by atoms with E-state index in [0.29, 0.717) is 37.6 Å². The molecule has 150 valence electrons. The number of carbonyl (C=O) groups excluding carboxylic acids is 2. The fourth-order valence-corrected chi connectivity index (χ4v) is 5.78. The smallest absolute Gasteiger partial charge is 0.269 e. The zero-order valence-electron chi connectivity index (χ0n) is 15.0. The van der Waals surface area contributed by atoms with E-state index in [9.17, 15) is 9.59 Å². The van der Waals surface area contributed by atoms with E-state index in [4.69, 9.17) is 45.3 Å². The van der Waals surface area contributed by atoms with Crippen LogP contribution in [0.1, 0.15) is 21.7 Å². The average Bonchev–Trinajstić information content (AvgIpc) is 3.01. The summed E-state index contributed by atoms with van der Waals surface area (Å²) in [7, 11) is 0. The molecule has 1 aliphatic heterocycles. The van der Waals surface area contributed by atoms with E-state index in [1.54, 1.807) is 29.2 Å². The molecular weight excluding hydrogens is 455 g/mol. The molecule has 0 bridgehead atoms. The Balaban J connectivity index is 1.74. The van der Waals surface area contributed by atoms with Gasteiger partial charge in [-0.3, -0.25) is 9.59 Å². The van der Waals surface area contributed by atoms with Crippen LogP contribution < -0.4 is 15.4 Å². The predicted molar refractivity (Wildman–Crippen MR) is 118 cm³/mol. The number of primary amides is 1. The Morgan fingerprint density at radius 1 is 1.21 bits per heavy atom. The number of rotatable bonds is 4. The molecular formula is C20H15Cl3N2O3S. The number of halogens is 3. The maximum absolute atomic E-state index is 13.4. The van der Waals surface area contributed by atoms with Crippen molar-refractivity contribution >= 4 is 73.7 Å². The van der Waals surface area contributed by atoms with Crippen molar-refractivity contribution in [2.45, 2.75) is 12.8 Å². The summed E-state index contributed by atoms with van der Waals surface area (Å²) in [5, 5.41) is 1.85. The summed E-state index contributed by atoms with van der Waals surface area (Å²) < 4.78 is 6.29. The molecule has 2 aromatic carbocycles. The van der Waals surface area contributed by atoms with Crippen LogP contribution in [0.2, 0.25) is 15.1 Å². The normalized spacial score (nSPS) is 13.4. The molecule has 5 nitrogen and oxygen atoms in total. The molecule has 2 amide bonds. The van der Waals surface area contributed by atoms with Crippen LogP contribution in [-0.2, 0) is 11.2 Å². The molecule has 0 saturated carbocycles. The van der Waals surface area contributed by atoms with Crippen LogP contribution in [-0.4, -0.2) is 25.0 Å². The van der Waals surface area contributed by atoms with Crippen LogP contribution in [0.3, 0.4) is 0 Å².